The molecule has 0 radical (unpaired) electrons. The molecule has 2 aliphatic carbocycles. The van der Waals surface area contributed by atoms with E-state index >= 15 is 0 Å². The number of carbonyl (C=O) groups is 4. The number of nitrogens with one attached hydrogen (secondary N) is 1. The van der Waals surface area contributed by atoms with E-state index in [0.29, 0.717) is 11.4 Å². The van der Waals surface area contributed by atoms with Crippen LogP contribution in [0.1, 0.15) is 24.8 Å². The van der Waals surface area contributed by atoms with E-state index in [1.807, 2.05) is 30.3 Å². The Balaban J connectivity index is 1.29. The van der Waals surface area contributed by atoms with Gasteiger partial charge in [-0.15, -0.1) is 0 Å². The predicted molar refractivity (Wildman–Crippen MR) is 126 cm³/mol. The first-order chi connectivity index (χ1) is 17.0. The van der Waals surface area contributed by atoms with Gasteiger partial charge in [0.15, 0.2) is 6.61 Å². The number of ether oxygens (including phenoxy) is 2. The zero-order valence-electron chi connectivity index (χ0n) is 19.5. The minimum atomic E-state index is -1.10. The lowest BCUT2D eigenvalue weighted by atomic mass is 9.81. The Morgan fingerprint density at radius 3 is 2.20 bits per heavy atom. The Labute approximate surface area is 203 Å². The quantitative estimate of drug-likeness (QED) is 0.464. The normalized spacial score (nSPS) is 25.3. The molecule has 1 aliphatic heterocycles. The second-order valence-corrected chi connectivity index (χ2v) is 9.52. The van der Waals surface area contributed by atoms with Crippen LogP contribution < -0.4 is 10.1 Å². The lowest BCUT2D eigenvalue weighted by molar-refractivity contribution is -0.160. The van der Waals surface area contributed by atoms with Crippen molar-refractivity contribution in [3.05, 3.63) is 60.2 Å². The topological polar surface area (TPSA) is 102 Å². The van der Waals surface area contributed by atoms with Gasteiger partial charge in [0.2, 0.25) is 11.8 Å². The number of anilines is 1. The number of benzene rings is 2. The minimum Gasteiger partial charge on any atom is -0.497 e. The van der Waals surface area contributed by atoms with E-state index in [2.05, 4.69) is 5.32 Å². The maximum absolute atomic E-state index is 13.4. The van der Waals surface area contributed by atoms with Crippen molar-refractivity contribution in [3.63, 3.8) is 0 Å². The molecule has 2 saturated carbocycles. The number of imide groups is 1. The molecule has 2 bridgehead atoms. The number of nitrogens with zero attached hydrogens (tertiary/aromatic N) is 1. The van der Waals surface area contributed by atoms with Gasteiger partial charge in [-0.25, -0.2) is 4.79 Å². The molecule has 0 unspecified atom stereocenters. The summed E-state index contributed by atoms with van der Waals surface area (Å²) in [5, 5.41) is 2.66. The van der Waals surface area contributed by atoms with Crippen LogP contribution in [0.2, 0.25) is 0 Å². The van der Waals surface area contributed by atoms with E-state index in [1.54, 1.807) is 31.4 Å². The smallest absolute Gasteiger partial charge is 0.330 e. The van der Waals surface area contributed by atoms with Crippen LogP contribution in [0.25, 0.3) is 0 Å². The molecular weight excluding hydrogens is 448 g/mol. The highest BCUT2D eigenvalue weighted by molar-refractivity contribution is 6.08. The minimum absolute atomic E-state index is 0.145. The van der Waals surface area contributed by atoms with Crippen molar-refractivity contribution in [1.82, 2.24) is 4.90 Å². The van der Waals surface area contributed by atoms with E-state index in [1.165, 1.54) is 0 Å². The second kappa shape index (κ2) is 9.52. The molecule has 1 heterocycles. The van der Waals surface area contributed by atoms with Crippen LogP contribution in [0.3, 0.4) is 0 Å². The summed E-state index contributed by atoms with van der Waals surface area (Å²) in [7, 11) is 1.55. The molecule has 0 aromatic heterocycles. The van der Waals surface area contributed by atoms with E-state index in [4.69, 9.17) is 9.47 Å². The van der Waals surface area contributed by atoms with Gasteiger partial charge in [-0.2, -0.15) is 0 Å². The molecule has 2 aromatic carbocycles. The monoisotopic (exact) mass is 476 g/mol. The highest BCUT2D eigenvalue weighted by atomic mass is 16.5. The Morgan fingerprint density at radius 1 is 0.971 bits per heavy atom. The van der Waals surface area contributed by atoms with Crippen LogP contribution in [-0.4, -0.2) is 48.3 Å². The fourth-order valence-electron chi connectivity index (χ4n) is 5.96. The van der Waals surface area contributed by atoms with Crippen LogP contribution >= 0.6 is 0 Å². The summed E-state index contributed by atoms with van der Waals surface area (Å²) in [4.78, 5) is 53.4. The van der Waals surface area contributed by atoms with E-state index in [0.717, 1.165) is 29.7 Å². The van der Waals surface area contributed by atoms with Gasteiger partial charge in [0.25, 0.3) is 5.91 Å². The summed E-state index contributed by atoms with van der Waals surface area (Å²) in [6.45, 7) is -0.523. The SMILES string of the molecule is COc1ccc(NC(=O)COC(=O)[C@@H](Cc2ccccc2)N2C(=O)[C@@H]3[C@H]4CC[C@@H](C4)[C@@H]3C2=O)cc1. The summed E-state index contributed by atoms with van der Waals surface area (Å²) in [5.41, 5.74) is 1.33. The molecule has 5 atom stereocenters. The third kappa shape index (κ3) is 4.40. The summed E-state index contributed by atoms with van der Waals surface area (Å²) in [6.07, 6.45) is 2.97. The number of hydrogen-bond donors (Lipinski definition) is 1. The number of carbonyl (C=O) groups excluding carboxylic acids is 4. The van der Waals surface area contributed by atoms with Crippen molar-refractivity contribution in [2.75, 3.05) is 19.0 Å². The van der Waals surface area contributed by atoms with Gasteiger partial charge in [-0.05, 0) is 60.9 Å². The van der Waals surface area contributed by atoms with Crippen LogP contribution in [0.15, 0.2) is 54.6 Å². The highest BCUT2D eigenvalue weighted by Gasteiger charge is 2.62. The molecule has 2 aromatic rings. The standard InChI is InChI=1S/C27H28N2O6/c1-34-20-11-9-19(10-12-20)28-22(30)15-35-27(33)21(13-16-5-3-2-4-6-16)29-25(31)23-17-7-8-18(14-17)24(23)26(29)32/h2-6,9-12,17-18,21,23-24H,7-8,13-15H2,1H3,(H,28,30)/t17-,18-,21+,23-,24+/m0/s1. The van der Waals surface area contributed by atoms with Gasteiger partial charge >= 0.3 is 5.97 Å². The number of esters is 1. The number of amides is 3. The van der Waals surface area contributed by atoms with Crippen molar-refractivity contribution in [3.8, 4) is 5.75 Å². The molecule has 0 spiro atoms. The number of methoxy groups -OCH3 is 1. The predicted octanol–water partition coefficient (Wildman–Crippen LogP) is 2.82. The number of likely N-dealkylation sites (tertiary alicyclic amines) is 1. The lowest BCUT2D eigenvalue weighted by Gasteiger charge is -2.26. The van der Waals surface area contributed by atoms with Gasteiger partial charge in [0.05, 0.1) is 18.9 Å². The summed E-state index contributed by atoms with van der Waals surface area (Å²) in [6, 6.07) is 14.9. The Hall–Kier alpha value is -3.68. The number of fused-ring (bicyclic) bond motifs is 5. The van der Waals surface area contributed by atoms with Crippen molar-refractivity contribution in [2.45, 2.75) is 31.7 Å². The summed E-state index contributed by atoms with van der Waals surface area (Å²) in [5.74, 6) is -1.39. The molecular formula is C27H28N2O6. The third-order valence-corrected chi connectivity index (χ3v) is 7.54. The zero-order valence-corrected chi connectivity index (χ0v) is 19.5. The lowest BCUT2D eigenvalue weighted by Crippen LogP contribution is -2.48. The fourth-order valence-corrected chi connectivity index (χ4v) is 5.96. The zero-order chi connectivity index (χ0) is 24.5. The first-order valence-electron chi connectivity index (χ1n) is 12.0. The molecule has 182 valence electrons. The van der Waals surface area contributed by atoms with E-state index in [-0.39, 0.29) is 41.9 Å². The van der Waals surface area contributed by atoms with Crippen molar-refractivity contribution < 1.29 is 28.7 Å². The molecule has 1 N–H and O–H groups in total. The van der Waals surface area contributed by atoms with Gasteiger partial charge in [-0.1, -0.05) is 30.3 Å². The maximum Gasteiger partial charge on any atom is 0.330 e. The van der Waals surface area contributed by atoms with Gasteiger partial charge < -0.3 is 14.8 Å². The first-order valence-corrected chi connectivity index (χ1v) is 12.0. The Kier molecular flexibility index (Phi) is 6.28. The second-order valence-electron chi connectivity index (χ2n) is 9.52. The van der Waals surface area contributed by atoms with Crippen LogP contribution in [0.5, 0.6) is 5.75 Å². The molecule has 3 aliphatic rings. The molecule has 8 heteroatoms. The maximum atomic E-state index is 13.4. The van der Waals surface area contributed by atoms with Gasteiger partial charge in [-0.3, -0.25) is 19.3 Å². The summed E-state index contributed by atoms with van der Waals surface area (Å²) < 4.78 is 10.4. The Bertz CT molecular complexity index is 1100. The average molecular weight is 477 g/mol. The summed E-state index contributed by atoms with van der Waals surface area (Å²) >= 11 is 0. The number of hydrogen-bond acceptors (Lipinski definition) is 6. The van der Waals surface area contributed by atoms with Crippen LogP contribution in [0.4, 0.5) is 5.69 Å². The van der Waals surface area contributed by atoms with Gasteiger partial charge in [0, 0.05) is 12.1 Å². The molecule has 8 nitrogen and oxygen atoms in total. The van der Waals surface area contributed by atoms with Crippen LogP contribution in [-0.2, 0) is 30.3 Å². The molecule has 3 amide bonds. The fraction of sp³-hybridized carbons (Fsp3) is 0.407. The Morgan fingerprint density at radius 2 is 1.60 bits per heavy atom. The van der Waals surface area contributed by atoms with Crippen molar-refractivity contribution in [1.29, 1.82) is 0 Å². The largest absolute Gasteiger partial charge is 0.497 e. The third-order valence-electron chi connectivity index (χ3n) is 7.54. The van der Waals surface area contributed by atoms with Crippen molar-refractivity contribution in [2.24, 2.45) is 23.7 Å². The van der Waals surface area contributed by atoms with Gasteiger partial charge in [0.1, 0.15) is 11.8 Å². The number of rotatable bonds is 8. The molecule has 1 saturated heterocycles. The first kappa shape index (κ1) is 23.1. The van der Waals surface area contributed by atoms with Crippen molar-refractivity contribution >= 4 is 29.4 Å². The molecule has 5 rings (SSSR count). The average Bonchev–Trinajstić information content (AvgIpc) is 3.56. The molecule has 35 heavy (non-hydrogen) atoms. The van der Waals surface area contributed by atoms with E-state index < -0.39 is 24.5 Å². The van der Waals surface area contributed by atoms with E-state index in [9.17, 15) is 19.2 Å². The van der Waals surface area contributed by atoms with Crippen LogP contribution in [0, 0.1) is 23.7 Å². The molecule has 3 fully saturated rings. The highest BCUT2D eigenvalue weighted by Crippen LogP contribution is 2.56.